The molecule has 0 aromatic carbocycles. The highest BCUT2D eigenvalue weighted by atomic mass is 35.5. The topological polar surface area (TPSA) is 23.2 Å². The van der Waals surface area contributed by atoms with Crippen molar-refractivity contribution in [2.75, 3.05) is 6.54 Å². The molecule has 0 aliphatic rings. The Morgan fingerprint density at radius 2 is 2.12 bits per heavy atom. The molecular formula is C5H12ClNO. The van der Waals surface area contributed by atoms with Crippen molar-refractivity contribution in [2.45, 2.75) is 20.3 Å². The lowest BCUT2D eigenvalue weighted by molar-refractivity contribution is -0.771. The maximum absolute atomic E-state index is 8.64. The molecule has 0 radical (unpaired) electrons. The number of hydrogen-bond donors (Lipinski definition) is 1. The zero-order valence-electron chi connectivity index (χ0n) is 5.26. The molecule has 0 aliphatic heterocycles. The van der Waals surface area contributed by atoms with E-state index in [1.54, 1.807) is 13.1 Å². The highest BCUT2D eigenvalue weighted by molar-refractivity contribution is 5.46. The molecule has 0 aromatic rings. The molecule has 3 heteroatoms. The minimum atomic E-state index is 0. The van der Waals surface area contributed by atoms with Crippen LogP contribution in [-0.2, 0) is 0 Å². The third kappa shape index (κ3) is 5.76. The van der Waals surface area contributed by atoms with Gasteiger partial charge in [-0.3, -0.25) is 5.21 Å². The van der Waals surface area contributed by atoms with Crippen molar-refractivity contribution in [2.24, 2.45) is 0 Å². The molecule has 0 atom stereocenters. The lowest BCUT2D eigenvalue weighted by Crippen LogP contribution is -3.00. The van der Waals surface area contributed by atoms with Gasteiger partial charge in [0.15, 0.2) is 12.8 Å². The summed E-state index contributed by atoms with van der Waals surface area (Å²) in [4.78, 5) is 0. The largest absolute Gasteiger partial charge is 1.00 e. The summed E-state index contributed by atoms with van der Waals surface area (Å²) in [5.41, 5.74) is 0. The van der Waals surface area contributed by atoms with Gasteiger partial charge in [-0.2, -0.15) is 0 Å². The van der Waals surface area contributed by atoms with Crippen LogP contribution in [0, 0.1) is 0 Å². The Kier molecular flexibility index (Phi) is 9.03. The van der Waals surface area contributed by atoms with E-state index in [1.807, 2.05) is 6.92 Å². The summed E-state index contributed by atoms with van der Waals surface area (Å²) >= 11 is 0. The molecule has 0 bridgehead atoms. The Bertz CT molecular complexity index is 72.8. The van der Waals surface area contributed by atoms with Crippen LogP contribution in [0.4, 0.5) is 0 Å². The Balaban J connectivity index is 0. The van der Waals surface area contributed by atoms with Gasteiger partial charge in [-0.05, 0) is 4.74 Å². The molecule has 0 aromatic heterocycles. The Labute approximate surface area is 56.2 Å². The number of hydroxylamine groups is 1. The van der Waals surface area contributed by atoms with E-state index in [-0.39, 0.29) is 12.4 Å². The molecule has 0 unspecified atom stereocenters. The molecule has 0 aliphatic carbocycles. The maximum atomic E-state index is 8.64. The van der Waals surface area contributed by atoms with Crippen molar-refractivity contribution >= 4 is 6.21 Å². The zero-order valence-corrected chi connectivity index (χ0v) is 6.02. The summed E-state index contributed by atoms with van der Waals surface area (Å²) in [6, 6.07) is 0. The van der Waals surface area contributed by atoms with Crippen molar-refractivity contribution in [1.29, 1.82) is 0 Å². The van der Waals surface area contributed by atoms with Gasteiger partial charge in [0.25, 0.3) is 0 Å². The first-order valence-corrected chi connectivity index (χ1v) is 2.56. The summed E-state index contributed by atoms with van der Waals surface area (Å²) in [6.07, 6.45) is 2.63. The minimum absolute atomic E-state index is 0. The summed E-state index contributed by atoms with van der Waals surface area (Å²) in [7, 11) is 0. The average molecular weight is 138 g/mol. The van der Waals surface area contributed by atoms with Crippen LogP contribution in [-0.4, -0.2) is 22.7 Å². The van der Waals surface area contributed by atoms with E-state index in [4.69, 9.17) is 5.21 Å². The normalized spacial score (nSPS) is 10.5. The van der Waals surface area contributed by atoms with Gasteiger partial charge < -0.3 is 12.4 Å². The quantitative estimate of drug-likeness (QED) is 0.200. The van der Waals surface area contributed by atoms with Gasteiger partial charge in [0.1, 0.15) is 0 Å². The molecule has 0 saturated carbocycles. The summed E-state index contributed by atoms with van der Waals surface area (Å²) < 4.78 is 1.18. The molecule has 0 spiro atoms. The van der Waals surface area contributed by atoms with Crippen LogP contribution in [0.15, 0.2) is 0 Å². The van der Waals surface area contributed by atoms with E-state index in [2.05, 4.69) is 0 Å². The second-order valence-electron chi connectivity index (χ2n) is 1.42. The molecule has 0 rings (SSSR count). The van der Waals surface area contributed by atoms with E-state index in [1.165, 1.54) is 4.74 Å². The van der Waals surface area contributed by atoms with Gasteiger partial charge in [-0.25, -0.2) is 0 Å². The fourth-order valence-corrected chi connectivity index (χ4v) is 0.358. The van der Waals surface area contributed by atoms with Crippen LogP contribution >= 0.6 is 0 Å². The monoisotopic (exact) mass is 137 g/mol. The first-order chi connectivity index (χ1) is 3.31. The SMILES string of the molecule is CC=[N+](O)CCC.[Cl-]. The molecular weight excluding hydrogens is 126 g/mol. The van der Waals surface area contributed by atoms with Crippen molar-refractivity contribution in [3.63, 3.8) is 0 Å². The van der Waals surface area contributed by atoms with Gasteiger partial charge >= 0.3 is 0 Å². The van der Waals surface area contributed by atoms with Gasteiger partial charge in [0, 0.05) is 13.3 Å². The highest BCUT2D eigenvalue weighted by Gasteiger charge is 1.89. The number of rotatable bonds is 2. The minimum Gasteiger partial charge on any atom is -1.00 e. The van der Waals surface area contributed by atoms with Crippen molar-refractivity contribution < 1.29 is 22.4 Å². The highest BCUT2D eigenvalue weighted by Crippen LogP contribution is 1.72. The predicted molar refractivity (Wildman–Crippen MR) is 28.9 cm³/mol. The molecule has 0 fully saturated rings. The van der Waals surface area contributed by atoms with E-state index in [0.717, 1.165) is 13.0 Å². The van der Waals surface area contributed by atoms with E-state index < -0.39 is 0 Å². The fourth-order valence-electron chi connectivity index (χ4n) is 0.358. The fraction of sp³-hybridized carbons (Fsp3) is 0.800. The van der Waals surface area contributed by atoms with Crippen molar-refractivity contribution in [3.05, 3.63) is 0 Å². The maximum Gasteiger partial charge on any atom is 0.192 e. The van der Waals surface area contributed by atoms with Crippen molar-refractivity contribution in [1.82, 2.24) is 0 Å². The Hall–Kier alpha value is -0.240. The molecule has 1 N–H and O–H groups in total. The van der Waals surface area contributed by atoms with Gasteiger partial charge in [0.2, 0.25) is 0 Å². The molecule has 8 heavy (non-hydrogen) atoms. The number of nitrogens with zero attached hydrogens (tertiary/aromatic N) is 1. The predicted octanol–water partition coefficient (Wildman–Crippen LogP) is -2.11. The van der Waals surface area contributed by atoms with E-state index in [9.17, 15) is 0 Å². The van der Waals surface area contributed by atoms with Gasteiger partial charge in [-0.1, -0.05) is 6.92 Å². The molecule has 0 heterocycles. The molecule has 0 amide bonds. The summed E-state index contributed by atoms with van der Waals surface area (Å²) in [5.74, 6) is 0. The zero-order chi connectivity index (χ0) is 5.70. The third-order valence-electron chi connectivity index (χ3n) is 0.751. The first kappa shape index (κ1) is 10.7. The smallest absolute Gasteiger partial charge is 0.192 e. The second kappa shape index (κ2) is 6.76. The second-order valence-corrected chi connectivity index (χ2v) is 1.42. The molecule has 0 saturated heterocycles. The van der Waals surface area contributed by atoms with Crippen LogP contribution in [0.25, 0.3) is 0 Å². The lowest BCUT2D eigenvalue weighted by Gasteiger charge is -1.83. The third-order valence-corrected chi connectivity index (χ3v) is 0.751. The Morgan fingerprint density at radius 3 is 2.25 bits per heavy atom. The average Bonchev–Trinajstić information content (AvgIpc) is 1.68. The molecule has 2 nitrogen and oxygen atoms in total. The lowest BCUT2D eigenvalue weighted by atomic mass is 10.5. The first-order valence-electron chi connectivity index (χ1n) is 2.56. The van der Waals surface area contributed by atoms with Crippen LogP contribution < -0.4 is 12.4 Å². The van der Waals surface area contributed by atoms with Crippen LogP contribution in [0.2, 0.25) is 0 Å². The summed E-state index contributed by atoms with van der Waals surface area (Å²) in [5, 5.41) is 8.64. The van der Waals surface area contributed by atoms with Gasteiger partial charge in [-0.15, -0.1) is 0 Å². The Morgan fingerprint density at radius 1 is 1.62 bits per heavy atom. The van der Waals surface area contributed by atoms with Crippen LogP contribution in [0.3, 0.4) is 0 Å². The van der Waals surface area contributed by atoms with Crippen LogP contribution in [0.1, 0.15) is 20.3 Å². The van der Waals surface area contributed by atoms with Gasteiger partial charge in [0.05, 0.1) is 0 Å². The molecule has 50 valence electrons. The summed E-state index contributed by atoms with van der Waals surface area (Å²) in [6.45, 7) is 4.55. The van der Waals surface area contributed by atoms with Crippen molar-refractivity contribution in [3.8, 4) is 0 Å². The van der Waals surface area contributed by atoms with E-state index >= 15 is 0 Å². The van der Waals surface area contributed by atoms with E-state index in [0.29, 0.717) is 0 Å². The number of hydrogen-bond acceptors (Lipinski definition) is 1. The standard InChI is InChI=1S/C5H12NO.ClH/c1-3-5-6(7)4-2;/h4,7H,3,5H2,1-2H3;1H/q+1;/p-1. The van der Waals surface area contributed by atoms with Crippen LogP contribution in [0.5, 0.6) is 0 Å². The number of halogens is 1.